The number of nitrogens with one attached hydrogen (secondary N) is 2. The van der Waals surface area contributed by atoms with Crippen molar-refractivity contribution in [2.75, 3.05) is 19.6 Å². The summed E-state index contributed by atoms with van der Waals surface area (Å²) in [5.74, 6) is 0. The minimum Gasteiger partial charge on any atom is -0.314 e. The van der Waals surface area contributed by atoms with Crippen LogP contribution in [0.2, 0.25) is 0 Å². The largest absolute Gasteiger partial charge is 0.314 e. The minimum atomic E-state index is 0.430. The Hall–Kier alpha value is -1.12. The van der Waals surface area contributed by atoms with Gasteiger partial charge in [0, 0.05) is 25.7 Å². The highest BCUT2D eigenvalue weighted by Crippen LogP contribution is 2.10. The lowest BCUT2D eigenvalue weighted by atomic mass is 9.99. The summed E-state index contributed by atoms with van der Waals surface area (Å²) in [6.45, 7) is 7.28. The molecule has 1 aromatic carbocycles. The third-order valence-corrected chi connectivity index (χ3v) is 2.81. The Kier molecular flexibility index (Phi) is 3.54. The monoisotopic (exact) mass is 202 g/mol. The standard InChI is InChI=1S/C13H18N2/c1-11(13-10-14-7-8-15-13)9-12-5-3-2-4-6-12/h2-6,13-15H,1,7-10H2. The molecule has 2 nitrogen and oxygen atoms in total. The van der Waals surface area contributed by atoms with E-state index in [0.29, 0.717) is 6.04 Å². The Morgan fingerprint density at radius 2 is 2.07 bits per heavy atom. The van der Waals surface area contributed by atoms with Gasteiger partial charge in [0.1, 0.15) is 0 Å². The normalized spacial score (nSPS) is 21.2. The number of hydrogen-bond acceptors (Lipinski definition) is 2. The molecule has 0 radical (unpaired) electrons. The van der Waals surface area contributed by atoms with E-state index < -0.39 is 0 Å². The van der Waals surface area contributed by atoms with Crippen LogP contribution < -0.4 is 10.6 Å². The number of piperazine rings is 1. The third-order valence-electron chi connectivity index (χ3n) is 2.81. The van der Waals surface area contributed by atoms with Gasteiger partial charge in [-0.15, -0.1) is 0 Å². The molecule has 0 saturated carbocycles. The SMILES string of the molecule is C=C(Cc1ccccc1)C1CNCCN1. The number of benzene rings is 1. The van der Waals surface area contributed by atoms with Crippen molar-refractivity contribution in [3.63, 3.8) is 0 Å². The van der Waals surface area contributed by atoms with Crippen LogP contribution in [0.5, 0.6) is 0 Å². The molecule has 2 rings (SSSR count). The lowest BCUT2D eigenvalue weighted by molar-refractivity contribution is 0.453. The van der Waals surface area contributed by atoms with Crippen LogP contribution in [0.3, 0.4) is 0 Å². The molecule has 0 amide bonds. The lowest BCUT2D eigenvalue weighted by Crippen LogP contribution is -2.49. The van der Waals surface area contributed by atoms with Crippen LogP contribution in [0.4, 0.5) is 0 Å². The summed E-state index contributed by atoms with van der Waals surface area (Å²) in [6.07, 6.45) is 0.972. The van der Waals surface area contributed by atoms with E-state index in [4.69, 9.17) is 0 Å². The first-order valence-corrected chi connectivity index (χ1v) is 5.52. The van der Waals surface area contributed by atoms with Crippen LogP contribution in [-0.4, -0.2) is 25.7 Å². The van der Waals surface area contributed by atoms with E-state index >= 15 is 0 Å². The second-order valence-electron chi connectivity index (χ2n) is 4.03. The van der Waals surface area contributed by atoms with Gasteiger partial charge in [0.15, 0.2) is 0 Å². The topological polar surface area (TPSA) is 24.1 Å². The second kappa shape index (κ2) is 5.10. The average molecular weight is 202 g/mol. The molecule has 1 unspecified atom stereocenters. The van der Waals surface area contributed by atoms with Crippen LogP contribution >= 0.6 is 0 Å². The molecule has 2 N–H and O–H groups in total. The zero-order chi connectivity index (χ0) is 10.5. The maximum atomic E-state index is 4.17. The third kappa shape index (κ3) is 2.91. The maximum Gasteiger partial charge on any atom is 0.0406 e. The quantitative estimate of drug-likeness (QED) is 0.723. The van der Waals surface area contributed by atoms with Gasteiger partial charge in [-0.05, 0) is 12.0 Å². The highest BCUT2D eigenvalue weighted by molar-refractivity contribution is 5.23. The van der Waals surface area contributed by atoms with E-state index in [1.165, 1.54) is 11.1 Å². The summed E-state index contributed by atoms with van der Waals surface area (Å²) in [5, 5.41) is 6.86. The molecule has 0 spiro atoms. The van der Waals surface area contributed by atoms with Crippen molar-refractivity contribution in [2.24, 2.45) is 0 Å². The fourth-order valence-corrected chi connectivity index (χ4v) is 1.92. The van der Waals surface area contributed by atoms with Crippen molar-refractivity contribution < 1.29 is 0 Å². The molecule has 1 aliphatic heterocycles. The van der Waals surface area contributed by atoms with Gasteiger partial charge >= 0.3 is 0 Å². The summed E-state index contributed by atoms with van der Waals surface area (Å²) in [5.41, 5.74) is 2.61. The molecule has 80 valence electrons. The van der Waals surface area contributed by atoms with E-state index in [2.05, 4.69) is 41.5 Å². The van der Waals surface area contributed by atoms with Gasteiger partial charge in [0.2, 0.25) is 0 Å². The molecule has 1 fully saturated rings. The van der Waals surface area contributed by atoms with Crippen molar-refractivity contribution in [3.05, 3.63) is 48.0 Å². The van der Waals surface area contributed by atoms with E-state index in [-0.39, 0.29) is 0 Å². The first-order valence-electron chi connectivity index (χ1n) is 5.52. The highest BCUT2D eigenvalue weighted by Gasteiger charge is 2.14. The molecule has 1 aliphatic rings. The predicted molar refractivity (Wildman–Crippen MR) is 63.9 cm³/mol. The molecular formula is C13H18N2. The van der Waals surface area contributed by atoms with Gasteiger partial charge < -0.3 is 10.6 Å². The first-order chi connectivity index (χ1) is 7.36. The molecule has 0 bridgehead atoms. The zero-order valence-corrected chi connectivity index (χ0v) is 9.00. The Morgan fingerprint density at radius 1 is 1.27 bits per heavy atom. The van der Waals surface area contributed by atoms with Gasteiger partial charge in [-0.25, -0.2) is 0 Å². The summed E-state index contributed by atoms with van der Waals surface area (Å²) < 4.78 is 0. The van der Waals surface area contributed by atoms with Crippen LogP contribution in [0, 0.1) is 0 Å². The minimum absolute atomic E-state index is 0.430. The van der Waals surface area contributed by atoms with Crippen molar-refractivity contribution in [3.8, 4) is 0 Å². The summed E-state index contributed by atoms with van der Waals surface area (Å²) in [6, 6.07) is 10.9. The Balaban J connectivity index is 1.91. The molecule has 1 aromatic rings. The lowest BCUT2D eigenvalue weighted by Gasteiger charge is -2.26. The van der Waals surface area contributed by atoms with Gasteiger partial charge in [-0.2, -0.15) is 0 Å². The Bertz CT molecular complexity index is 313. The molecular weight excluding hydrogens is 184 g/mol. The Morgan fingerprint density at radius 3 is 2.73 bits per heavy atom. The van der Waals surface area contributed by atoms with E-state index in [1.807, 2.05) is 6.07 Å². The molecule has 1 saturated heterocycles. The molecule has 1 atom stereocenters. The molecule has 1 heterocycles. The smallest absolute Gasteiger partial charge is 0.0406 e. The van der Waals surface area contributed by atoms with Crippen molar-refractivity contribution in [1.82, 2.24) is 10.6 Å². The van der Waals surface area contributed by atoms with Gasteiger partial charge in [-0.3, -0.25) is 0 Å². The maximum absolute atomic E-state index is 4.17. The van der Waals surface area contributed by atoms with E-state index in [9.17, 15) is 0 Å². The predicted octanol–water partition coefficient (Wildman–Crippen LogP) is 1.35. The van der Waals surface area contributed by atoms with Crippen LogP contribution in [0.1, 0.15) is 5.56 Å². The van der Waals surface area contributed by atoms with Crippen molar-refractivity contribution in [1.29, 1.82) is 0 Å². The summed E-state index contributed by atoms with van der Waals surface area (Å²) in [7, 11) is 0. The van der Waals surface area contributed by atoms with Gasteiger partial charge in [0.05, 0.1) is 0 Å². The van der Waals surface area contributed by atoms with E-state index in [1.54, 1.807) is 0 Å². The zero-order valence-electron chi connectivity index (χ0n) is 9.00. The van der Waals surface area contributed by atoms with Gasteiger partial charge in [0.25, 0.3) is 0 Å². The Labute approximate surface area is 91.4 Å². The molecule has 2 heteroatoms. The fraction of sp³-hybridized carbons (Fsp3) is 0.385. The van der Waals surface area contributed by atoms with E-state index in [0.717, 1.165) is 26.1 Å². The van der Waals surface area contributed by atoms with Crippen molar-refractivity contribution in [2.45, 2.75) is 12.5 Å². The summed E-state index contributed by atoms with van der Waals surface area (Å²) >= 11 is 0. The fourth-order valence-electron chi connectivity index (χ4n) is 1.92. The summed E-state index contributed by atoms with van der Waals surface area (Å²) in [4.78, 5) is 0. The van der Waals surface area contributed by atoms with Crippen LogP contribution in [0.15, 0.2) is 42.5 Å². The van der Waals surface area contributed by atoms with Crippen molar-refractivity contribution >= 4 is 0 Å². The number of rotatable bonds is 3. The van der Waals surface area contributed by atoms with Crippen LogP contribution in [-0.2, 0) is 6.42 Å². The van der Waals surface area contributed by atoms with Gasteiger partial charge in [-0.1, -0.05) is 42.5 Å². The highest BCUT2D eigenvalue weighted by atomic mass is 15.1. The van der Waals surface area contributed by atoms with Crippen LogP contribution in [0.25, 0.3) is 0 Å². The number of hydrogen-bond donors (Lipinski definition) is 2. The second-order valence-corrected chi connectivity index (χ2v) is 4.03. The molecule has 15 heavy (non-hydrogen) atoms. The average Bonchev–Trinajstić information content (AvgIpc) is 2.31. The molecule has 0 aromatic heterocycles. The first kappa shape index (κ1) is 10.4. The molecule has 0 aliphatic carbocycles.